The zero-order chi connectivity index (χ0) is 23.5. The minimum absolute atomic E-state index is 0.302. The summed E-state index contributed by atoms with van der Waals surface area (Å²) in [5.74, 6) is 0.893. The third-order valence-corrected chi connectivity index (χ3v) is 5.96. The number of aromatic nitrogens is 2. The lowest BCUT2D eigenvalue weighted by Crippen LogP contribution is -2.40. The van der Waals surface area contributed by atoms with Crippen LogP contribution < -0.4 is 30.8 Å². The van der Waals surface area contributed by atoms with Gasteiger partial charge in [-0.1, -0.05) is 12.1 Å². The Hall–Kier alpha value is -4.05. The van der Waals surface area contributed by atoms with Crippen LogP contribution in [0, 0.1) is 0 Å². The van der Waals surface area contributed by atoms with E-state index in [-0.39, 0.29) is 6.54 Å². The maximum absolute atomic E-state index is 13.4. The highest BCUT2D eigenvalue weighted by molar-refractivity contribution is 7.17. The predicted molar refractivity (Wildman–Crippen MR) is 126 cm³/mol. The topological polar surface area (TPSA) is 101 Å². The molecule has 1 N–H and O–H groups in total. The largest absolute Gasteiger partial charge is 0.497 e. The van der Waals surface area contributed by atoms with E-state index >= 15 is 0 Å². The number of benzene rings is 2. The number of anilines is 1. The molecule has 0 unspecified atom stereocenters. The van der Waals surface area contributed by atoms with Crippen LogP contribution in [0.2, 0.25) is 0 Å². The Bertz CT molecular complexity index is 1450. The zero-order valence-electron chi connectivity index (χ0n) is 18.2. The molecule has 2 aromatic carbocycles. The van der Waals surface area contributed by atoms with Crippen molar-refractivity contribution >= 4 is 33.1 Å². The van der Waals surface area contributed by atoms with Gasteiger partial charge in [-0.05, 0) is 35.7 Å². The molecule has 0 bridgehead atoms. The van der Waals surface area contributed by atoms with Gasteiger partial charge in [0.25, 0.3) is 5.56 Å². The van der Waals surface area contributed by atoms with Gasteiger partial charge in [0.15, 0.2) is 0 Å². The number of thiophene rings is 1. The number of nitrogens with zero attached hydrogens (tertiary/aromatic N) is 2. The van der Waals surface area contributed by atoms with Crippen molar-refractivity contribution in [1.29, 1.82) is 0 Å². The molecular formula is C23H21N3O6S. The Morgan fingerprint density at radius 2 is 1.73 bits per heavy atom. The molecule has 0 saturated carbocycles. The first kappa shape index (κ1) is 22.2. The van der Waals surface area contributed by atoms with Crippen LogP contribution in [0.4, 0.5) is 5.69 Å². The lowest BCUT2D eigenvalue weighted by atomic mass is 10.2. The summed E-state index contributed by atoms with van der Waals surface area (Å²) < 4.78 is 18.5. The first-order valence-electron chi connectivity index (χ1n) is 9.86. The van der Waals surface area contributed by atoms with Crippen LogP contribution in [0.3, 0.4) is 0 Å². The Morgan fingerprint density at radius 3 is 2.45 bits per heavy atom. The summed E-state index contributed by atoms with van der Waals surface area (Å²) in [7, 11) is 4.47. The molecule has 170 valence electrons. The second kappa shape index (κ2) is 9.21. The van der Waals surface area contributed by atoms with Crippen molar-refractivity contribution < 1.29 is 19.0 Å². The van der Waals surface area contributed by atoms with E-state index in [0.717, 1.165) is 4.57 Å². The van der Waals surface area contributed by atoms with Gasteiger partial charge >= 0.3 is 5.69 Å². The number of fused-ring (bicyclic) bond motifs is 1. The molecule has 0 radical (unpaired) electrons. The summed E-state index contributed by atoms with van der Waals surface area (Å²) in [4.78, 5) is 39.5. The molecule has 4 rings (SSSR count). The van der Waals surface area contributed by atoms with Gasteiger partial charge in [0, 0.05) is 6.07 Å². The lowest BCUT2D eigenvalue weighted by molar-refractivity contribution is -0.116. The molecule has 0 atom stereocenters. The van der Waals surface area contributed by atoms with E-state index in [1.165, 1.54) is 37.2 Å². The SMILES string of the molecule is COc1ccc(NC(=O)Cn2c(=O)n(-c3ccccc3OC)c(=O)c3sccc32)c(OC)c1. The van der Waals surface area contributed by atoms with Gasteiger partial charge in [-0.3, -0.25) is 14.2 Å². The fraction of sp³-hybridized carbons (Fsp3) is 0.174. The Kier molecular flexibility index (Phi) is 6.18. The van der Waals surface area contributed by atoms with E-state index in [1.807, 2.05) is 0 Å². The highest BCUT2D eigenvalue weighted by Crippen LogP contribution is 2.29. The molecule has 2 aromatic heterocycles. The number of ether oxygens (including phenoxy) is 3. The van der Waals surface area contributed by atoms with E-state index in [2.05, 4.69) is 5.32 Å². The Balaban J connectivity index is 1.78. The second-order valence-corrected chi connectivity index (χ2v) is 7.85. The number of amides is 1. The third-order valence-electron chi connectivity index (χ3n) is 5.07. The standard InChI is InChI=1S/C23H21N3O6S/c1-30-14-8-9-15(19(12-14)32-3)24-20(27)13-25-17-10-11-33-21(17)22(28)26(23(25)29)16-6-4-5-7-18(16)31-2/h4-12H,13H2,1-3H3,(H,24,27). The fourth-order valence-electron chi connectivity index (χ4n) is 3.50. The van der Waals surface area contributed by atoms with E-state index < -0.39 is 17.2 Å². The molecule has 9 nitrogen and oxygen atoms in total. The summed E-state index contributed by atoms with van der Waals surface area (Å²) in [6, 6.07) is 13.3. The van der Waals surface area contributed by atoms with Crippen molar-refractivity contribution in [2.24, 2.45) is 0 Å². The van der Waals surface area contributed by atoms with Crippen LogP contribution in [-0.4, -0.2) is 36.4 Å². The number of carbonyl (C=O) groups excluding carboxylic acids is 1. The van der Waals surface area contributed by atoms with Crippen LogP contribution in [-0.2, 0) is 11.3 Å². The van der Waals surface area contributed by atoms with Crippen molar-refractivity contribution in [2.75, 3.05) is 26.6 Å². The molecular weight excluding hydrogens is 446 g/mol. The summed E-state index contributed by atoms with van der Waals surface area (Å²) in [6.07, 6.45) is 0. The number of methoxy groups -OCH3 is 3. The molecule has 0 aliphatic rings. The van der Waals surface area contributed by atoms with E-state index in [0.29, 0.717) is 38.8 Å². The maximum Gasteiger partial charge on any atom is 0.336 e. The molecule has 0 aliphatic heterocycles. The van der Waals surface area contributed by atoms with Gasteiger partial charge in [0.2, 0.25) is 5.91 Å². The normalized spacial score (nSPS) is 10.8. The number of carbonyl (C=O) groups is 1. The van der Waals surface area contributed by atoms with E-state index in [9.17, 15) is 14.4 Å². The summed E-state index contributed by atoms with van der Waals surface area (Å²) in [5, 5.41) is 4.46. The molecule has 0 saturated heterocycles. The van der Waals surface area contributed by atoms with Crippen molar-refractivity contribution in [1.82, 2.24) is 9.13 Å². The van der Waals surface area contributed by atoms with Crippen molar-refractivity contribution in [3.8, 4) is 22.9 Å². The minimum atomic E-state index is -0.646. The molecule has 0 aliphatic carbocycles. The average molecular weight is 468 g/mol. The van der Waals surface area contributed by atoms with Gasteiger partial charge < -0.3 is 19.5 Å². The molecule has 1 amide bonds. The van der Waals surface area contributed by atoms with Gasteiger partial charge in [-0.2, -0.15) is 0 Å². The van der Waals surface area contributed by atoms with Gasteiger partial charge in [0.1, 0.15) is 28.5 Å². The maximum atomic E-state index is 13.4. The highest BCUT2D eigenvalue weighted by atomic mass is 32.1. The monoisotopic (exact) mass is 467 g/mol. The van der Waals surface area contributed by atoms with E-state index in [1.54, 1.807) is 53.9 Å². The van der Waals surface area contributed by atoms with Gasteiger partial charge in [0.05, 0.1) is 38.2 Å². The third kappa shape index (κ3) is 4.08. The molecule has 0 fully saturated rings. The number of hydrogen-bond donors (Lipinski definition) is 1. The number of rotatable bonds is 7. The molecule has 4 aromatic rings. The Labute approximate surface area is 192 Å². The van der Waals surface area contributed by atoms with Crippen LogP contribution in [0.25, 0.3) is 15.9 Å². The zero-order valence-corrected chi connectivity index (χ0v) is 19.0. The first-order valence-corrected chi connectivity index (χ1v) is 10.7. The smallest absolute Gasteiger partial charge is 0.336 e. The summed E-state index contributed by atoms with van der Waals surface area (Å²) >= 11 is 1.20. The molecule has 10 heteroatoms. The fourth-order valence-corrected chi connectivity index (χ4v) is 4.33. The summed E-state index contributed by atoms with van der Waals surface area (Å²) in [5.41, 5.74) is 0.000431. The van der Waals surface area contributed by atoms with Crippen molar-refractivity contribution in [2.45, 2.75) is 6.54 Å². The quantitative estimate of drug-likeness (QED) is 0.449. The number of nitrogens with one attached hydrogen (secondary N) is 1. The number of para-hydroxylation sites is 2. The molecule has 2 heterocycles. The average Bonchev–Trinajstić information content (AvgIpc) is 3.32. The molecule has 0 spiro atoms. The van der Waals surface area contributed by atoms with Crippen LogP contribution in [0.1, 0.15) is 0 Å². The minimum Gasteiger partial charge on any atom is -0.497 e. The van der Waals surface area contributed by atoms with Crippen LogP contribution >= 0.6 is 11.3 Å². The number of hydrogen-bond acceptors (Lipinski definition) is 7. The first-order chi connectivity index (χ1) is 16.0. The predicted octanol–water partition coefficient (Wildman–Crippen LogP) is 2.88. The van der Waals surface area contributed by atoms with E-state index in [4.69, 9.17) is 14.2 Å². The second-order valence-electron chi connectivity index (χ2n) is 6.93. The Morgan fingerprint density at radius 1 is 0.970 bits per heavy atom. The highest BCUT2D eigenvalue weighted by Gasteiger charge is 2.20. The van der Waals surface area contributed by atoms with Crippen molar-refractivity contribution in [3.63, 3.8) is 0 Å². The lowest BCUT2D eigenvalue weighted by Gasteiger charge is -2.15. The van der Waals surface area contributed by atoms with Crippen molar-refractivity contribution in [3.05, 3.63) is 74.7 Å². The van der Waals surface area contributed by atoms with Gasteiger partial charge in [-0.25, -0.2) is 9.36 Å². The molecule has 33 heavy (non-hydrogen) atoms. The van der Waals surface area contributed by atoms with Crippen LogP contribution in [0.5, 0.6) is 17.2 Å². The van der Waals surface area contributed by atoms with Gasteiger partial charge in [-0.15, -0.1) is 11.3 Å². The summed E-state index contributed by atoms with van der Waals surface area (Å²) in [6.45, 7) is -0.309. The van der Waals surface area contributed by atoms with Crippen LogP contribution in [0.15, 0.2) is 63.5 Å².